The van der Waals surface area contributed by atoms with Crippen LogP contribution < -0.4 is 5.32 Å². The lowest BCUT2D eigenvalue weighted by Gasteiger charge is -2.37. The molecule has 1 aliphatic rings. The Morgan fingerprint density at radius 3 is 2.45 bits per heavy atom. The molecule has 1 aromatic heterocycles. The van der Waals surface area contributed by atoms with Crippen molar-refractivity contribution in [1.82, 2.24) is 14.3 Å². The molecule has 0 spiro atoms. The molecule has 1 N–H and O–H groups in total. The van der Waals surface area contributed by atoms with Crippen LogP contribution in [0, 0.1) is 0 Å². The highest BCUT2D eigenvalue weighted by atomic mass is 32.2. The Morgan fingerprint density at radius 1 is 1.09 bits per heavy atom. The SMILES string of the molecule is O=S(=O)(/C=C/c1ccccc1)N1CC(Nc2ncccn2)C1. The smallest absolute Gasteiger partial charge is 0.236 e. The van der Waals surface area contributed by atoms with Gasteiger partial charge < -0.3 is 5.32 Å². The van der Waals surface area contributed by atoms with Crippen LogP contribution in [0.2, 0.25) is 0 Å². The van der Waals surface area contributed by atoms with Crippen molar-refractivity contribution in [3.8, 4) is 0 Å². The van der Waals surface area contributed by atoms with Crippen molar-refractivity contribution in [2.24, 2.45) is 0 Å². The van der Waals surface area contributed by atoms with Gasteiger partial charge in [-0.25, -0.2) is 18.4 Å². The zero-order chi connectivity index (χ0) is 15.4. The van der Waals surface area contributed by atoms with E-state index in [4.69, 9.17) is 0 Å². The summed E-state index contributed by atoms with van der Waals surface area (Å²) in [5.41, 5.74) is 0.860. The van der Waals surface area contributed by atoms with E-state index in [9.17, 15) is 8.42 Å². The summed E-state index contributed by atoms with van der Waals surface area (Å²) in [5, 5.41) is 4.35. The molecule has 1 fully saturated rings. The lowest BCUT2D eigenvalue weighted by atomic mass is 10.2. The summed E-state index contributed by atoms with van der Waals surface area (Å²) in [4.78, 5) is 8.12. The molecule has 0 saturated carbocycles. The van der Waals surface area contributed by atoms with Crippen LogP contribution in [-0.2, 0) is 10.0 Å². The number of hydrogen-bond donors (Lipinski definition) is 1. The molecule has 1 aliphatic heterocycles. The minimum Gasteiger partial charge on any atom is -0.349 e. The molecule has 0 aliphatic carbocycles. The fourth-order valence-corrected chi connectivity index (χ4v) is 3.38. The molecule has 2 aromatic rings. The van der Waals surface area contributed by atoms with E-state index in [1.807, 2.05) is 30.3 Å². The molecule has 22 heavy (non-hydrogen) atoms. The predicted octanol–water partition coefficient (Wildman–Crippen LogP) is 1.57. The Kier molecular flexibility index (Phi) is 4.17. The van der Waals surface area contributed by atoms with E-state index in [1.54, 1.807) is 24.5 Å². The number of rotatable bonds is 5. The third-order valence-corrected chi connectivity index (χ3v) is 4.84. The Balaban J connectivity index is 1.56. The Morgan fingerprint density at radius 2 is 1.77 bits per heavy atom. The van der Waals surface area contributed by atoms with E-state index < -0.39 is 10.0 Å². The molecule has 0 amide bonds. The van der Waals surface area contributed by atoms with Crippen molar-refractivity contribution in [2.75, 3.05) is 18.4 Å². The molecule has 114 valence electrons. The van der Waals surface area contributed by atoms with E-state index in [0.717, 1.165) is 5.56 Å². The summed E-state index contributed by atoms with van der Waals surface area (Å²) < 4.78 is 25.8. The standard InChI is InChI=1S/C15H16N4O2S/c20-22(21,10-7-13-5-2-1-3-6-13)19-11-14(12-19)18-15-16-8-4-9-17-15/h1-10,14H,11-12H2,(H,16,17,18)/b10-7+. The van der Waals surface area contributed by atoms with Crippen LogP contribution in [0.1, 0.15) is 5.56 Å². The molecule has 0 unspecified atom stereocenters. The summed E-state index contributed by atoms with van der Waals surface area (Å²) in [5.74, 6) is 0.518. The molecular formula is C15H16N4O2S. The molecule has 1 aromatic carbocycles. The Labute approximate surface area is 129 Å². The van der Waals surface area contributed by atoms with Gasteiger partial charge in [-0.1, -0.05) is 30.3 Å². The van der Waals surface area contributed by atoms with E-state index in [2.05, 4.69) is 15.3 Å². The van der Waals surface area contributed by atoms with Crippen LogP contribution in [0.3, 0.4) is 0 Å². The summed E-state index contributed by atoms with van der Waals surface area (Å²) in [7, 11) is -3.37. The molecule has 7 heteroatoms. The number of hydrogen-bond acceptors (Lipinski definition) is 5. The quantitative estimate of drug-likeness (QED) is 0.906. The van der Waals surface area contributed by atoms with Crippen LogP contribution in [0.15, 0.2) is 54.2 Å². The lowest BCUT2D eigenvalue weighted by molar-refractivity contribution is 0.283. The first-order valence-corrected chi connectivity index (χ1v) is 8.41. The molecule has 3 rings (SSSR count). The van der Waals surface area contributed by atoms with Gasteiger partial charge in [0.15, 0.2) is 0 Å². The maximum atomic E-state index is 12.2. The monoisotopic (exact) mass is 316 g/mol. The van der Waals surface area contributed by atoms with Crippen LogP contribution in [0.4, 0.5) is 5.95 Å². The minimum absolute atomic E-state index is 0.0438. The van der Waals surface area contributed by atoms with Gasteiger partial charge in [-0.3, -0.25) is 0 Å². The third kappa shape index (κ3) is 3.49. The van der Waals surface area contributed by atoms with Crippen molar-refractivity contribution < 1.29 is 8.42 Å². The average molecular weight is 316 g/mol. The lowest BCUT2D eigenvalue weighted by Crippen LogP contribution is -2.56. The highest BCUT2D eigenvalue weighted by Crippen LogP contribution is 2.18. The van der Waals surface area contributed by atoms with Gasteiger partial charge >= 0.3 is 0 Å². The third-order valence-electron chi connectivity index (χ3n) is 3.34. The van der Waals surface area contributed by atoms with Gasteiger partial charge in [-0.2, -0.15) is 4.31 Å². The van der Waals surface area contributed by atoms with Crippen molar-refractivity contribution >= 4 is 22.0 Å². The van der Waals surface area contributed by atoms with Crippen molar-refractivity contribution in [3.05, 3.63) is 59.8 Å². The van der Waals surface area contributed by atoms with E-state index in [-0.39, 0.29) is 6.04 Å². The zero-order valence-corrected chi connectivity index (χ0v) is 12.6. The number of nitrogens with zero attached hydrogens (tertiary/aromatic N) is 3. The first-order valence-electron chi connectivity index (χ1n) is 6.90. The van der Waals surface area contributed by atoms with Gasteiger partial charge in [-0.15, -0.1) is 0 Å². The largest absolute Gasteiger partial charge is 0.349 e. The highest BCUT2D eigenvalue weighted by molar-refractivity contribution is 7.92. The summed E-state index contributed by atoms with van der Waals surface area (Å²) in [6.45, 7) is 0.833. The number of benzene rings is 1. The zero-order valence-electron chi connectivity index (χ0n) is 11.8. The van der Waals surface area contributed by atoms with Crippen molar-refractivity contribution in [2.45, 2.75) is 6.04 Å². The van der Waals surface area contributed by atoms with Crippen molar-refractivity contribution in [1.29, 1.82) is 0 Å². The second kappa shape index (κ2) is 6.25. The molecule has 0 radical (unpaired) electrons. The molecule has 1 saturated heterocycles. The highest BCUT2D eigenvalue weighted by Gasteiger charge is 2.34. The Bertz CT molecular complexity index is 742. The van der Waals surface area contributed by atoms with E-state index in [0.29, 0.717) is 19.0 Å². The van der Waals surface area contributed by atoms with Crippen LogP contribution in [0.25, 0.3) is 6.08 Å². The second-order valence-electron chi connectivity index (χ2n) is 4.99. The van der Waals surface area contributed by atoms with Gasteiger partial charge in [0.05, 0.1) is 6.04 Å². The summed E-state index contributed by atoms with van der Waals surface area (Å²) in [6.07, 6.45) is 4.90. The van der Waals surface area contributed by atoms with Gasteiger partial charge in [0.2, 0.25) is 16.0 Å². The van der Waals surface area contributed by atoms with Gasteiger partial charge in [0, 0.05) is 30.9 Å². The number of nitrogens with one attached hydrogen (secondary N) is 1. The average Bonchev–Trinajstić information content (AvgIpc) is 2.50. The fraction of sp³-hybridized carbons (Fsp3) is 0.200. The summed E-state index contributed by atoms with van der Waals surface area (Å²) in [6, 6.07) is 11.1. The predicted molar refractivity (Wildman–Crippen MR) is 85.4 cm³/mol. The number of sulfonamides is 1. The van der Waals surface area contributed by atoms with Crippen LogP contribution in [-0.4, -0.2) is 41.8 Å². The molecule has 0 atom stereocenters. The first kappa shape index (κ1) is 14.7. The van der Waals surface area contributed by atoms with Crippen molar-refractivity contribution in [3.63, 3.8) is 0 Å². The summed E-state index contributed by atoms with van der Waals surface area (Å²) >= 11 is 0. The molecule has 2 heterocycles. The van der Waals surface area contributed by atoms with E-state index in [1.165, 1.54) is 9.71 Å². The minimum atomic E-state index is -3.37. The maximum Gasteiger partial charge on any atom is 0.236 e. The Hall–Kier alpha value is -2.25. The van der Waals surface area contributed by atoms with Crippen LogP contribution >= 0.6 is 0 Å². The molecule has 6 nitrogen and oxygen atoms in total. The normalized spacial score (nSPS) is 16.5. The fourth-order valence-electron chi connectivity index (χ4n) is 2.11. The van der Waals surface area contributed by atoms with Gasteiger partial charge in [0.1, 0.15) is 0 Å². The topological polar surface area (TPSA) is 75.2 Å². The maximum absolute atomic E-state index is 12.2. The van der Waals surface area contributed by atoms with Gasteiger partial charge in [-0.05, 0) is 17.7 Å². The molecular weight excluding hydrogens is 300 g/mol. The second-order valence-corrected chi connectivity index (χ2v) is 6.81. The molecule has 0 bridgehead atoms. The number of aromatic nitrogens is 2. The first-order chi connectivity index (χ1) is 10.6. The van der Waals surface area contributed by atoms with Gasteiger partial charge in [0.25, 0.3) is 0 Å². The van der Waals surface area contributed by atoms with Crippen LogP contribution in [0.5, 0.6) is 0 Å². The number of anilines is 1. The van der Waals surface area contributed by atoms with E-state index >= 15 is 0 Å².